The molecule has 1 fully saturated rings. The monoisotopic (exact) mass is 362 g/mol. The van der Waals surface area contributed by atoms with Crippen molar-refractivity contribution in [3.05, 3.63) is 53.6 Å². The number of rotatable bonds is 5. The van der Waals surface area contributed by atoms with Crippen LogP contribution in [0.15, 0.2) is 30.6 Å². The summed E-state index contributed by atoms with van der Waals surface area (Å²) < 4.78 is 28.5. The Hall–Kier alpha value is -2.28. The zero-order valence-electron chi connectivity index (χ0n) is 15.2. The molecule has 0 bridgehead atoms. The SMILES string of the molecule is CC(C)c1nccn1CCN1CCN(C(=O)c2ccc(F)c(F)c2)CC1. The number of imidazole rings is 1. The summed E-state index contributed by atoms with van der Waals surface area (Å²) in [5.41, 5.74) is 0.192. The Bertz CT molecular complexity index is 767. The molecule has 1 saturated heterocycles. The van der Waals surface area contributed by atoms with Gasteiger partial charge in [-0.25, -0.2) is 13.8 Å². The van der Waals surface area contributed by atoms with E-state index in [1.807, 2.05) is 12.4 Å². The smallest absolute Gasteiger partial charge is 0.254 e. The minimum Gasteiger partial charge on any atom is -0.336 e. The Morgan fingerprint density at radius 2 is 1.85 bits per heavy atom. The van der Waals surface area contributed by atoms with Crippen LogP contribution in [-0.4, -0.2) is 58.0 Å². The number of hydrogen-bond donors (Lipinski definition) is 0. The van der Waals surface area contributed by atoms with Crippen LogP contribution in [0.3, 0.4) is 0 Å². The first kappa shape index (κ1) is 18.5. The molecule has 0 aliphatic carbocycles. The van der Waals surface area contributed by atoms with Gasteiger partial charge in [-0.15, -0.1) is 0 Å². The zero-order valence-corrected chi connectivity index (χ0v) is 15.2. The lowest BCUT2D eigenvalue weighted by atomic mass is 10.1. The van der Waals surface area contributed by atoms with E-state index in [1.54, 1.807) is 4.90 Å². The van der Waals surface area contributed by atoms with E-state index < -0.39 is 11.6 Å². The Morgan fingerprint density at radius 1 is 1.12 bits per heavy atom. The molecule has 0 N–H and O–H groups in total. The molecule has 0 saturated carbocycles. The predicted molar refractivity (Wildman–Crippen MR) is 95.0 cm³/mol. The van der Waals surface area contributed by atoms with Gasteiger partial charge in [0.1, 0.15) is 5.82 Å². The van der Waals surface area contributed by atoms with Crippen LogP contribution in [0.5, 0.6) is 0 Å². The first-order valence-electron chi connectivity index (χ1n) is 8.93. The average Bonchev–Trinajstić information content (AvgIpc) is 3.11. The number of halogens is 2. The summed E-state index contributed by atoms with van der Waals surface area (Å²) in [5, 5.41) is 0. The Labute approximate surface area is 152 Å². The van der Waals surface area contributed by atoms with Crippen molar-refractivity contribution in [1.29, 1.82) is 0 Å². The van der Waals surface area contributed by atoms with Crippen LogP contribution in [0.4, 0.5) is 8.78 Å². The van der Waals surface area contributed by atoms with Gasteiger partial charge in [0.2, 0.25) is 0 Å². The van der Waals surface area contributed by atoms with Gasteiger partial charge >= 0.3 is 0 Å². The zero-order chi connectivity index (χ0) is 18.7. The van der Waals surface area contributed by atoms with Crippen molar-refractivity contribution in [2.24, 2.45) is 0 Å². The molecule has 2 aromatic rings. The summed E-state index contributed by atoms with van der Waals surface area (Å²) in [4.78, 5) is 20.8. The van der Waals surface area contributed by atoms with Crippen LogP contribution in [0, 0.1) is 11.6 Å². The fraction of sp³-hybridized carbons (Fsp3) is 0.474. The highest BCUT2D eigenvalue weighted by Crippen LogP contribution is 2.14. The van der Waals surface area contributed by atoms with Gasteiger partial charge in [0.25, 0.3) is 5.91 Å². The van der Waals surface area contributed by atoms with Crippen LogP contribution < -0.4 is 0 Å². The molecule has 1 aliphatic rings. The maximum absolute atomic E-state index is 13.3. The lowest BCUT2D eigenvalue weighted by Crippen LogP contribution is -2.49. The van der Waals surface area contributed by atoms with Gasteiger partial charge in [-0.2, -0.15) is 0 Å². The Balaban J connectivity index is 1.51. The van der Waals surface area contributed by atoms with Crippen molar-refractivity contribution in [1.82, 2.24) is 19.4 Å². The predicted octanol–water partition coefficient (Wildman–Crippen LogP) is 2.74. The molecular formula is C19H24F2N4O. The van der Waals surface area contributed by atoms with Crippen molar-refractivity contribution in [3.63, 3.8) is 0 Å². The summed E-state index contributed by atoms with van der Waals surface area (Å²) in [7, 11) is 0. The van der Waals surface area contributed by atoms with Crippen LogP contribution >= 0.6 is 0 Å². The van der Waals surface area contributed by atoms with Crippen molar-refractivity contribution in [2.75, 3.05) is 32.7 Å². The lowest BCUT2D eigenvalue weighted by molar-refractivity contribution is 0.0632. The van der Waals surface area contributed by atoms with Crippen molar-refractivity contribution < 1.29 is 13.6 Å². The van der Waals surface area contributed by atoms with E-state index >= 15 is 0 Å². The fourth-order valence-electron chi connectivity index (χ4n) is 3.25. The van der Waals surface area contributed by atoms with Crippen molar-refractivity contribution in [3.8, 4) is 0 Å². The lowest BCUT2D eigenvalue weighted by Gasteiger charge is -2.35. The van der Waals surface area contributed by atoms with E-state index in [1.165, 1.54) is 6.07 Å². The van der Waals surface area contributed by atoms with E-state index in [9.17, 15) is 13.6 Å². The van der Waals surface area contributed by atoms with Gasteiger partial charge in [0.05, 0.1) is 0 Å². The van der Waals surface area contributed by atoms with Crippen molar-refractivity contribution >= 4 is 5.91 Å². The molecule has 7 heteroatoms. The maximum Gasteiger partial charge on any atom is 0.254 e. The average molecular weight is 362 g/mol. The number of aromatic nitrogens is 2. The fourth-order valence-corrected chi connectivity index (χ4v) is 3.25. The second-order valence-corrected chi connectivity index (χ2v) is 6.90. The summed E-state index contributed by atoms with van der Waals surface area (Å²) in [6, 6.07) is 3.30. The number of carbonyl (C=O) groups excluding carboxylic acids is 1. The molecule has 3 rings (SSSR count). The molecule has 5 nitrogen and oxygen atoms in total. The molecule has 26 heavy (non-hydrogen) atoms. The van der Waals surface area contributed by atoms with Gasteiger partial charge in [0.15, 0.2) is 11.6 Å². The second-order valence-electron chi connectivity index (χ2n) is 6.90. The largest absolute Gasteiger partial charge is 0.336 e. The van der Waals surface area contributed by atoms with Crippen molar-refractivity contribution in [2.45, 2.75) is 26.3 Å². The number of nitrogens with zero attached hydrogens (tertiary/aromatic N) is 4. The van der Waals surface area contributed by atoms with E-state index in [-0.39, 0.29) is 11.5 Å². The molecule has 0 atom stereocenters. The van der Waals surface area contributed by atoms with E-state index in [4.69, 9.17) is 0 Å². The summed E-state index contributed by atoms with van der Waals surface area (Å²) in [6.45, 7) is 8.71. The highest BCUT2D eigenvalue weighted by Gasteiger charge is 2.23. The number of piperazine rings is 1. The summed E-state index contributed by atoms with van der Waals surface area (Å²) in [5.74, 6) is -0.713. The van der Waals surface area contributed by atoms with E-state index in [0.717, 1.165) is 44.1 Å². The first-order valence-corrected chi connectivity index (χ1v) is 8.93. The number of hydrogen-bond acceptors (Lipinski definition) is 3. The third-order valence-corrected chi connectivity index (χ3v) is 4.75. The van der Waals surface area contributed by atoms with Crippen LogP contribution in [0.1, 0.15) is 35.9 Å². The molecule has 1 aromatic carbocycles. The number of amides is 1. The molecule has 1 amide bonds. The molecule has 1 aromatic heterocycles. The normalized spacial score (nSPS) is 15.7. The molecule has 0 spiro atoms. The van der Waals surface area contributed by atoms with Gasteiger partial charge in [-0.05, 0) is 18.2 Å². The highest BCUT2D eigenvalue weighted by molar-refractivity contribution is 5.94. The van der Waals surface area contributed by atoms with Crippen LogP contribution in [-0.2, 0) is 6.54 Å². The maximum atomic E-state index is 13.3. The quantitative estimate of drug-likeness (QED) is 0.821. The Kier molecular flexibility index (Phi) is 5.66. The van der Waals surface area contributed by atoms with Crippen LogP contribution in [0.25, 0.3) is 0 Å². The molecule has 0 radical (unpaired) electrons. The molecule has 140 valence electrons. The minimum absolute atomic E-state index is 0.192. The second kappa shape index (κ2) is 7.95. The molecule has 1 aliphatic heterocycles. The van der Waals surface area contributed by atoms with Gasteiger partial charge < -0.3 is 9.47 Å². The number of carbonyl (C=O) groups is 1. The standard InChI is InChI=1S/C19H24F2N4O/c1-14(2)18-22-5-6-24(18)10-7-23-8-11-25(12-9-23)19(26)15-3-4-16(20)17(21)13-15/h3-6,13-14H,7-12H2,1-2H3. The summed E-state index contributed by atoms with van der Waals surface area (Å²) in [6.07, 6.45) is 3.83. The highest BCUT2D eigenvalue weighted by atomic mass is 19.2. The van der Waals surface area contributed by atoms with E-state index in [2.05, 4.69) is 28.3 Å². The summed E-state index contributed by atoms with van der Waals surface area (Å²) >= 11 is 0. The Morgan fingerprint density at radius 3 is 2.50 bits per heavy atom. The molecule has 0 unspecified atom stereocenters. The third kappa shape index (κ3) is 4.09. The van der Waals surface area contributed by atoms with Crippen LogP contribution in [0.2, 0.25) is 0 Å². The van der Waals surface area contributed by atoms with E-state index in [0.29, 0.717) is 19.0 Å². The topological polar surface area (TPSA) is 41.4 Å². The third-order valence-electron chi connectivity index (χ3n) is 4.75. The minimum atomic E-state index is -0.990. The number of benzene rings is 1. The first-order chi connectivity index (χ1) is 12.5. The van der Waals surface area contributed by atoms with Gasteiger partial charge in [0, 0.05) is 63.1 Å². The molecule has 2 heterocycles. The molecular weight excluding hydrogens is 338 g/mol. The van der Waals surface area contributed by atoms with Gasteiger partial charge in [-0.1, -0.05) is 13.8 Å². The van der Waals surface area contributed by atoms with Gasteiger partial charge in [-0.3, -0.25) is 9.69 Å².